The van der Waals surface area contributed by atoms with Crippen LogP contribution >= 0.6 is 0 Å². The second kappa shape index (κ2) is 6.49. The first-order valence-electron chi connectivity index (χ1n) is 6.50. The highest BCUT2D eigenvalue weighted by molar-refractivity contribution is 4.78. The van der Waals surface area contributed by atoms with Crippen LogP contribution in [0.2, 0.25) is 0 Å². The number of nitrogens with zero attached hydrogens (tertiary/aromatic N) is 1. The lowest BCUT2D eigenvalue weighted by molar-refractivity contribution is 0.164. The number of hydrogen-bond donors (Lipinski definition) is 1. The zero-order valence-electron chi connectivity index (χ0n) is 10.9. The summed E-state index contributed by atoms with van der Waals surface area (Å²) in [6.45, 7) is 7.06. The lowest BCUT2D eigenvalue weighted by Crippen LogP contribution is -2.44. The summed E-state index contributed by atoms with van der Waals surface area (Å²) >= 11 is 0. The van der Waals surface area contributed by atoms with Crippen LogP contribution in [0.15, 0.2) is 0 Å². The average Bonchev–Trinajstić information content (AvgIpc) is 2.65. The number of nitrogens with one attached hydrogen (secondary N) is 1. The largest absolute Gasteiger partial charge is 0.318 e. The Kier molecular flexibility index (Phi) is 5.62. The van der Waals surface area contributed by atoms with Gasteiger partial charge in [0.15, 0.2) is 0 Å². The van der Waals surface area contributed by atoms with Crippen LogP contribution in [-0.2, 0) is 0 Å². The molecule has 0 amide bonds. The summed E-state index contributed by atoms with van der Waals surface area (Å²) < 4.78 is 0. The zero-order chi connectivity index (χ0) is 11.3. The molecule has 0 heterocycles. The molecule has 2 nitrogen and oxygen atoms in total. The minimum atomic E-state index is 0.690. The number of likely N-dealkylation sites (N-methyl/N-ethyl adjacent to an activating group) is 2. The first-order chi connectivity index (χ1) is 7.15. The van der Waals surface area contributed by atoms with Gasteiger partial charge in [-0.25, -0.2) is 0 Å². The second-order valence-electron chi connectivity index (χ2n) is 5.46. The van der Waals surface area contributed by atoms with E-state index in [1.54, 1.807) is 0 Å². The Morgan fingerprint density at radius 3 is 2.33 bits per heavy atom. The maximum Gasteiger partial charge on any atom is 0.0240 e. The summed E-state index contributed by atoms with van der Waals surface area (Å²) in [4.78, 5) is 2.57. The Bertz CT molecular complexity index is 162. The molecule has 0 aromatic heterocycles. The fourth-order valence-corrected chi connectivity index (χ4v) is 2.85. The van der Waals surface area contributed by atoms with Gasteiger partial charge in [0.1, 0.15) is 0 Å². The molecule has 1 N–H and O–H groups in total. The maximum atomic E-state index is 3.31. The van der Waals surface area contributed by atoms with E-state index in [2.05, 4.69) is 38.2 Å². The Labute approximate surface area is 95.4 Å². The highest BCUT2D eigenvalue weighted by Gasteiger charge is 2.22. The molecule has 90 valence electrons. The molecule has 0 aromatic rings. The van der Waals surface area contributed by atoms with Crippen LogP contribution in [0.1, 0.15) is 39.5 Å². The summed E-state index contributed by atoms with van der Waals surface area (Å²) in [5, 5.41) is 3.31. The van der Waals surface area contributed by atoms with Crippen LogP contribution in [0.4, 0.5) is 0 Å². The molecular formula is C13H28N2. The molecule has 1 aliphatic carbocycles. The molecule has 0 radical (unpaired) electrons. The molecule has 15 heavy (non-hydrogen) atoms. The smallest absolute Gasteiger partial charge is 0.0240 e. The lowest BCUT2D eigenvalue weighted by Gasteiger charge is -2.33. The summed E-state index contributed by atoms with van der Waals surface area (Å²) in [5.74, 6) is 1.71. The Morgan fingerprint density at radius 2 is 1.87 bits per heavy atom. The van der Waals surface area contributed by atoms with Crippen molar-refractivity contribution in [1.82, 2.24) is 10.2 Å². The van der Waals surface area contributed by atoms with Gasteiger partial charge in [-0.1, -0.05) is 26.7 Å². The van der Waals surface area contributed by atoms with Crippen molar-refractivity contribution in [3.05, 3.63) is 0 Å². The van der Waals surface area contributed by atoms with Gasteiger partial charge in [0, 0.05) is 19.1 Å². The molecule has 1 unspecified atom stereocenters. The van der Waals surface area contributed by atoms with Gasteiger partial charge >= 0.3 is 0 Å². The first-order valence-corrected chi connectivity index (χ1v) is 6.50. The van der Waals surface area contributed by atoms with Crippen LogP contribution < -0.4 is 5.32 Å². The number of hydrogen-bond acceptors (Lipinski definition) is 2. The van der Waals surface area contributed by atoms with Crippen molar-refractivity contribution < 1.29 is 0 Å². The Hall–Kier alpha value is -0.0800. The zero-order valence-corrected chi connectivity index (χ0v) is 10.9. The molecule has 1 rings (SSSR count). The van der Waals surface area contributed by atoms with Crippen molar-refractivity contribution in [1.29, 1.82) is 0 Å². The fraction of sp³-hybridized carbons (Fsp3) is 1.00. The van der Waals surface area contributed by atoms with E-state index in [1.165, 1.54) is 32.2 Å². The molecule has 0 saturated heterocycles. The normalized spacial score (nSPS) is 20.4. The maximum absolute atomic E-state index is 3.31. The van der Waals surface area contributed by atoms with E-state index >= 15 is 0 Å². The molecule has 2 heteroatoms. The molecule has 0 bridgehead atoms. The number of rotatable bonds is 6. The third-order valence-electron chi connectivity index (χ3n) is 3.77. The van der Waals surface area contributed by atoms with Gasteiger partial charge < -0.3 is 10.2 Å². The molecule has 0 aromatic carbocycles. The molecule has 1 saturated carbocycles. The lowest BCUT2D eigenvalue weighted by atomic mass is 10.0. The van der Waals surface area contributed by atoms with Crippen molar-refractivity contribution in [2.75, 3.05) is 27.2 Å². The van der Waals surface area contributed by atoms with Gasteiger partial charge in [-0.3, -0.25) is 0 Å². The predicted molar refractivity (Wildman–Crippen MR) is 67.1 cm³/mol. The van der Waals surface area contributed by atoms with Crippen molar-refractivity contribution in [3.63, 3.8) is 0 Å². The van der Waals surface area contributed by atoms with Gasteiger partial charge in [0.2, 0.25) is 0 Å². The topological polar surface area (TPSA) is 15.3 Å². The summed E-state index contributed by atoms with van der Waals surface area (Å²) in [6, 6.07) is 0.690. The summed E-state index contributed by atoms with van der Waals surface area (Å²) in [6.07, 6.45) is 5.82. The van der Waals surface area contributed by atoms with E-state index in [0.717, 1.165) is 18.4 Å². The van der Waals surface area contributed by atoms with E-state index in [1.807, 2.05) is 0 Å². The van der Waals surface area contributed by atoms with E-state index < -0.39 is 0 Å². The highest BCUT2D eigenvalue weighted by Crippen LogP contribution is 2.26. The molecular weight excluding hydrogens is 184 g/mol. The fourth-order valence-electron chi connectivity index (χ4n) is 2.85. The van der Waals surface area contributed by atoms with E-state index in [0.29, 0.717) is 6.04 Å². The molecule has 0 spiro atoms. The van der Waals surface area contributed by atoms with Crippen LogP contribution in [0, 0.1) is 11.8 Å². The minimum Gasteiger partial charge on any atom is -0.318 e. The van der Waals surface area contributed by atoms with Gasteiger partial charge in [-0.2, -0.15) is 0 Å². The highest BCUT2D eigenvalue weighted by atomic mass is 15.2. The standard InChI is InChI=1S/C13H28N2/c1-11(2)13(9-14-3)15(4)10-12-7-5-6-8-12/h11-14H,5-10H2,1-4H3. The van der Waals surface area contributed by atoms with E-state index in [4.69, 9.17) is 0 Å². The van der Waals surface area contributed by atoms with Crippen LogP contribution in [0.3, 0.4) is 0 Å². The molecule has 0 aliphatic heterocycles. The first kappa shape index (κ1) is 13.0. The quantitative estimate of drug-likeness (QED) is 0.727. The Morgan fingerprint density at radius 1 is 1.27 bits per heavy atom. The van der Waals surface area contributed by atoms with Crippen LogP contribution in [0.25, 0.3) is 0 Å². The van der Waals surface area contributed by atoms with Gasteiger partial charge in [0.05, 0.1) is 0 Å². The molecule has 1 fully saturated rings. The van der Waals surface area contributed by atoms with Crippen molar-refractivity contribution >= 4 is 0 Å². The second-order valence-corrected chi connectivity index (χ2v) is 5.46. The van der Waals surface area contributed by atoms with Gasteiger partial charge in [0.25, 0.3) is 0 Å². The summed E-state index contributed by atoms with van der Waals surface area (Å²) in [5.41, 5.74) is 0. The predicted octanol–water partition coefficient (Wildman–Crippen LogP) is 2.35. The van der Waals surface area contributed by atoms with Crippen LogP contribution in [-0.4, -0.2) is 38.1 Å². The monoisotopic (exact) mass is 212 g/mol. The van der Waals surface area contributed by atoms with Crippen molar-refractivity contribution in [2.24, 2.45) is 11.8 Å². The van der Waals surface area contributed by atoms with E-state index in [9.17, 15) is 0 Å². The van der Waals surface area contributed by atoms with E-state index in [-0.39, 0.29) is 0 Å². The molecule has 1 aliphatic rings. The average molecular weight is 212 g/mol. The molecule has 1 atom stereocenters. The van der Waals surface area contributed by atoms with Crippen molar-refractivity contribution in [2.45, 2.75) is 45.6 Å². The van der Waals surface area contributed by atoms with Gasteiger partial charge in [-0.15, -0.1) is 0 Å². The summed E-state index contributed by atoms with van der Waals surface area (Å²) in [7, 11) is 4.35. The minimum absolute atomic E-state index is 0.690. The van der Waals surface area contributed by atoms with Crippen LogP contribution in [0.5, 0.6) is 0 Å². The Balaban J connectivity index is 2.36. The SMILES string of the molecule is CNCC(C(C)C)N(C)CC1CCCC1. The van der Waals surface area contributed by atoms with Gasteiger partial charge in [-0.05, 0) is 38.8 Å². The third-order valence-corrected chi connectivity index (χ3v) is 3.77. The van der Waals surface area contributed by atoms with Crippen molar-refractivity contribution in [3.8, 4) is 0 Å². The third kappa shape index (κ3) is 4.12.